The van der Waals surface area contributed by atoms with Crippen molar-refractivity contribution in [3.8, 4) is 0 Å². The highest BCUT2D eigenvalue weighted by Crippen LogP contribution is 2.46. The minimum atomic E-state index is -0.441. The van der Waals surface area contributed by atoms with Gasteiger partial charge in [-0.05, 0) is 52.4 Å². The Balaban J connectivity index is 1.86. The van der Waals surface area contributed by atoms with Crippen LogP contribution in [0.25, 0.3) is 0 Å². The van der Waals surface area contributed by atoms with Crippen LogP contribution in [0.3, 0.4) is 0 Å². The number of nitrogens with one attached hydrogen (secondary N) is 1. The summed E-state index contributed by atoms with van der Waals surface area (Å²) < 4.78 is 5.26. The lowest BCUT2D eigenvalue weighted by Gasteiger charge is -2.27. The van der Waals surface area contributed by atoms with Gasteiger partial charge in [0.25, 0.3) is 0 Å². The van der Waals surface area contributed by atoms with Crippen LogP contribution in [0, 0.1) is 5.92 Å². The molecular weight excluding hydrogens is 204 g/mol. The van der Waals surface area contributed by atoms with Crippen molar-refractivity contribution in [3.63, 3.8) is 0 Å². The fourth-order valence-electron chi connectivity index (χ4n) is 2.09. The van der Waals surface area contributed by atoms with E-state index in [1.807, 2.05) is 20.8 Å². The Kier molecular flexibility index (Phi) is 2.65. The van der Waals surface area contributed by atoms with Crippen LogP contribution in [-0.4, -0.2) is 23.3 Å². The molecule has 0 bridgehead atoms. The number of rotatable bonds is 3. The molecule has 0 aromatic rings. The first-order valence-electron chi connectivity index (χ1n) is 6.09. The number of ether oxygens (including phenoxy) is 1. The summed E-state index contributed by atoms with van der Waals surface area (Å²) in [4.78, 5) is 11.7. The van der Waals surface area contributed by atoms with Crippen molar-refractivity contribution in [2.24, 2.45) is 11.7 Å². The van der Waals surface area contributed by atoms with Gasteiger partial charge in [-0.1, -0.05) is 0 Å². The zero-order valence-electron chi connectivity index (χ0n) is 10.4. The fourth-order valence-corrected chi connectivity index (χ4v) is 2.09. The zero-order chi connectivity index (χ0) is 12.0. The van der Waals surface area contributed by atoms with Gasteiger partial charge in [-0.3, -0.25) is 0 Å². The molecule has 2 saturated carbocycles. The van der Waals surface area contributed by atoms with Crippen LogP contribution in [0.15, 0.2) is 0 Å². The van der Waals surface area contributed by atoms with E-state index >= 15 is 0 Å². The summed E-state index contributed by atoms with van der Waals surface area (Å²) >= 11 is 0. The molecule has 2 fully saturated rings. The van der Waals surface area contributed by atoms with Crippen molar-refractivity contribution in [2.75, 3.05) is 0 Å². The third-order valence-electron chi connectivity index (χ3n) is 3.31. The van der Waals surface area contributed by atoms with Crippen LogP contribution in [0.5, 0.6) is 0 Å². The maximum Gasteiger partial charge on any atom is 0.408 e. The summed E-state index contributed by atoms with van der Waals surface area (Å²) in [5, 5.41) is 2.96. The Bertz CT molecular complexity index is 288. The molecule has 4 heteroatoms. The molecule has 4 nitrogen and oxygen atoms in total. The maximum atomic E-state index is 11.7. The predicted octanol–water partition coefficient (Wildman–Crippen LogP) is 1.78. The van der Waals surface area contributed by atoms with Crippen molar-refractivity contribution in [1.29, 1.82) is 0 Å². The van der Waals surface area contributed by atoms with Crippen molar-refractivity contribution in [2.45, 2.75) is 63.6 Å². The van der Waals surface area contributed by atoms with Gasteiger partial charge in [0.2, 0.25) is 0 Å². The highest BCUT2D eigenvalue weighted by atomic mass is 16.6. The Morgan fingerprint density at radius 3 is 2.38 bits per heavy atom. The van der Waals surface area contributed by atoms with E-state index in [0.29, 0.717) is 5.92 Å². The van der Waals surface area contributed by atoms with Crippen LogP contribution < -0.4 is 11.1 Å². The molecule has 0 aromatic carbocycles. The Hall–Kier alpha value is -0.770. The van der Waals surface area contributed by atoms with Crippen molar-refractivity contribution in [1.82, 2.24) is 5.32 Å². The molecule has 2 aliphatic rings. The molecule has 1 amide bonds. The normalized spacial score (nSPS) is 24.8. The lowest BCUT2D eigenvalue weighted by molar-refractivity contribution is 0.0484. The topological polar surface area (TPSA) is 64.3 Å². The second kappa shape index (κ2) is 3.62. The average molecular weight is 226 g/mol. The predicted molar refractivity (Wildman–Crippen MR) is 62.0 cm³/mol. The van der Waals surface area contributed by atoms with Gasteiger partial charge >= 0.3 is 6.09 Å². The number of amides is 1. The quantitative estimate of drug-likeness (QED) is 0.771. The van der Waals surface area contributed by atoms with Gasteiger partial charge in [-0.15, -0.1) is 0 Å². The molecule has 0 saturated heterocycles. The molecule has 0 aromatic heterocycles. The number of hydrogen-bond acceptors (Lipinski definition) is 3. The number of carbonyl (C=O) groups excluding carboxylic acids is 1. The third kappa shape index (κ3) is 2.67. The summed E-state index contributed by atoms with van der Waals surface area (Å²) in [6.45, 7) is 5.60. The van der Waals surface area contributed by atoms with Gasteiger partial charge in [0, 0.05) is 6.04 Å². The van der Waals surface area contributed by atoms with E-state index in [1.165, 1.54) is 12.8 Å². The highest BCUT2D eigenvalue weighted by Gasteiger charge is 2.54. The first kappa shape index (κ1) is 11.7. The average Bonchev–Trinajstić information content (AvgIpc) is 2.95. The Morgan fingerprint density at radius 2 is 2.00 bits per heavy atom. The molecule has 0 heterocycles. The molecular formula is C12H22N2O2. The second-order valence-corrected chi connectivity index (χ2v) is 6.15. The monoisotopic (exact) mass is 226 g/mol. The minimum absolute atomic E-state index is 0.111. The molecule has 2 aliphatic carbocycles. The summed E-state index contributed by atoms with van der Waals surface area (Å²) in [6.07, 6.45) is 4.06. The van der Waals surface area contributed by atoms with Crippen LogP contribution in [0.1, 0.15) is 46.5 Å². The van der Waals surface area contributed by atoms with E-state index in [1.54, 1.807) is 0 Å². The van der Waals surface area contributed by atoms with Gasteiger partial charge in [-0.2, -0.15) is 0 Å². The highest BCUT2D eigenvalue weighted by molar-refractivity contribution is 5.69. The molecule has 92 valence electrons. The molecule has 1 unspecified atom stereocenters. The lowest BCUT2D eigenvalue weighted by Crippen LogP contribution is -2.52. The van der Waals surface area contributed by atoms with Gasteiger partial charge < -0.3 is 15.8 Å². The molecule has 0 aliphatic heterocycles. The summed E-state index contributed by atoms with van der Waals surface area (Å²) in [7, 11) is 0. The van der Waals surface area contributed by atoms with E-state index < -0.39 is 5.60 Å². The number of carbonyl (C=O) groups is 1. The maximum absolute atomic E-state index is 11.7. The van der Waals surface area contributed by atoms with Gasteiger partial charge in [0.05, 0.1) is 5.54 Å². The second-order valence-electron chi connectivity index (χ2n) is 6.15. The van der Waals surface area contributed by atoms with Gasteiger partial charge in [0.1, 0.15) is 5.60 Å². The third-order valence-corrected chi connectivity index (χ3v) is 3.31. The number of hydrogen-bond donors (Lipinski definition) is 2. The minimum Gasteiger partial charge on any atom is -0.444 e. The lowest BCUT2D eigenvalue weighted by atomic mass is 10.0. The standard InChI is InChI=1S/C12H22N2O2/c1-11(2,3)16-10(15)14-12(6-7-12)9(13)8-4-5-8/h8-9H,4-7,13H2,1-3H3,(H,14,15). The Morgan fingerprint density at radius 1 is 1.44 bits per heavy atom. The van der Waals surface area contributed by atoms with E-state index in [4.69, 9.17) is 10.5 Å². The molecule has 0 radical (unpaired) electrons. The van der Waals surface area contributed by atoms with Crippen molar-refractivity contribution in [3.05, 3.63) is 0 Å². The van der Waals surface area contributed by atoms with Crippen LogP contribution in [0.4, 0.5) is 4.79 Å². The Labute approximate surface area is 96.9 Å². The largest absolute Gasteiger partial charge is 0.444 e. The van der Waals surface area contributed by atoms with Crippen molar-refractivity contribution < 1.29 is 9.53 Å². The molecule has 2 rings (SSSR count). The van der Waals surface area contributed by atoms with E-state index in [9.17, 15) is 4.79 Å². The molecule has 1 atom stereocenters. The number of alkyl carbamates (subject to hydrolysis) is 1. The SMILES string of the molecule is CC(C)(C)OC(=O)NC1(C(N)C2CC2)CC1. The fraction of sp³-hybridized carbons (Fsp3) is 0.917. The van der Waals surface area contributed by atoms with Crippen LogP contribution in [-0.2, 0) is 4.74 Å². The smallest absolute Gasteiger partial charge is 0.408 e. The summed E-state index contributed by atoms with van der Waals surface area (Å²) in [6, 6.07) is 0.111. The van der Waals surface area contributed by atoms with E-state index in [2.05, 4.69) is 5.32 Å². The zero-order valence-corrected chi connectivity index (χ0v) is 10.4. The van der Waals surface area contributed by atoms with E-state index in [0.717, 1.165) is 12.8 Å². The summed E-state index contributed by atoms with van der Waals surface area (Å²) in [5.41, 5.74) is 5.56. The molecule has 16 heavy (non-hydrogen) atoms. The number of nitrogens with two attached hydrogens (primary N) is 1. The van der Waals surface area contributed by atoms with Gasteiger partial charge in [0.15, 0.2) is 0 Å². The van der Waals surface area contributed by atoms with Crippen LogP contribution in [0.2, 0.25) is 0 Å². The first-order valence-corrected chi connectivity index (χ1v) is 6.09. The van der Waals surface area contributed by atoms with E-state index in [-0.39, 0.29) is 17.7 Å². The van der Waals surface area contributed by atoms with Crippen molar-refractivity contribution >= 4 is 6.09 Å². The summed E-state index contributed by atoms with van der Waals surface area (Å²) in [5.74, 6) is 0.609. The first-order chi connectivity index (χ1) is 7.32. The molecule has 3 N–H and O–H groups in total. The van der Waals surface area contributed by atoms with Crippen LogP contribution >= 0.6 is 0 Å². The van der Waals surface area contributed by atoms with Gasteiger partial charge in [-0.25, -0.2) is 4.79 Å². The molecule has 0 spiro atoms.